The molecular formula is C16H12O3. The Morgan fingerprint density at radius 1 is 1.11 bits per heavy atom. The maximum absolute atomic E-state index is 12.1. The molecule has 0 atom stereocenters. The fourth-order valence-corrected chi connectivity index (χ4v) is 2.03. The minimum atomic E-state index is -0.284. The molecule has 3 nitrogen and oxygen atoms in total. The number of phenolic OH excluding ortho intramolecular Hbond substituents is 1. The first kappa shape index (κ1) is 11.5. The van der Waals surface area contributed by atoms with E-state index in [9.17, 15) is 9.90 Å². The van der Waals surface area contributed by atoms with Crippen molar-refractivity contribution in [3.8, 4) is 11.5 Å². The van der Waals surface area contributed by atoms with Crippen LogP contribution in [0.4, 0.5) is 0 Å². The number of aromatic hydroxyl groups is 1. The number of carbonyl (C=O) groups excluding carboxylic acids is 1. The molecule has 3 rings (SSSR count). The third-order valence-corrected chi connectivity index (χ3v) is 3.05. The number of carbonyl (C=O) groups is 1. The number of hydrogen-bond acceptors (Lipinski definition) is 3. The van der Waals surface area contributed by atoms with Crippen LogP contribution < -0.4 is 4.74 Å². The molecule has 0 aliphatic carbocycles. The van der Waals surface area contributed by atoms with Gasteiger partial charge in [0.1, 0.15) is 17.1 Å². The van der Waals surface area contributed by atoms with Crippen LogP contribution in [0.15, 0.2) is 48.2 Å². The SMILES string of the molecule is Cc1ccc(/C=C2\Oc3cccc(O)c3C2=O)cc1. The lowest BCUT2D eigenvalue weighted by Gasteiger charge is -1.99. The van der Waals surface area contributed by atoms with Crippen molar-refractivity contribution in [1.29, 1.82) is 0 Å². The standard InChI is InChI=1S/C16H12O3/c1-10-5-7-11(8-6-10)9-14-16(18)15-12(17)3-2-4-13(15)19-14/h2-9,17H,1H3/b14-9-. The Labute approximate surface area is 110 Å². The monoisotopic (exact) mass is 252 g/mol. The van der Waals surface area contributed by atoms with Gasteiger partial charge < -0.3 is 9.84 Å². The van der Waals surface area contributed by atoms with Gasteiger partial charge >= 0.3 is 0 Å². The van der Waals surface area contributed by atoms with Crippen molar-refractivity contribution in [2.75, 3.05) is 0 Å². The predicted molar refractivity (Wildman–Crippen MR) is 72.2 cm³/mol. The van der Waals surface area contributed by atoms with Gasteiger partial charge in [-0.05, 0) is 30.7 Å². The third kappa shape index (κ3) is 1.99. The van der Waals surface area contributed by atoms with E-state index in [-0.39, 0.29) is 22.9 Å². The molecule has 0 aromatic heterocycles. The molecule has 3 heteroatoms. The zero-order chi connectivity index (χ0) is 13.4. The van der Waals surface area contributed by atoms with Gasteiger partial charge in [0.2, 0.25) is 5.78 Å². The van der Waals surface area contributed by atoms with Gasteiger partial charge in [-0.1, -0.05) is 35.9 Å². The first-order valence-corrected chi connectivity index (χ1v) is 5.98. The molecule has 0 amide bonds. The summed E-state index contributed by atoms with van der Waals surface area (Å²) in [5, 5.41) is 9.69. The van der Waals surface area contributed by atoms with Gasteiger partial charge in [0.05, 0.1) is 0 Å². The van der Waals surface area contributed by atoms with E-state index in [0.29, 0.717) is 5.75 Å². The highest BCUT2D eigenvalue weighted by Crippen LogP contribution is 2.37. The minimum Gasteiger partial charge on any atom is -0.507 e. The third-order valence-electron chi connectivity index (χ3n) is 3.05. The van der Waals surface area contributed by atoms with E-state index in [1.807, 2.05) is 31.2 Å². The topological polar surface area (TPSA) is 46.5 Å². The summed E-state index contributed by atoms with van der Waals surface area (Å²) in [5.74, 6) is 0.312. The summed E-state index contributed by atoms with van der Waals surface area (Å²) in [6.45, 7) is 2.00. The molecule has 1 N–H and O–H groups in total. The Kier molecular flexibility index (Phi) is 2.60. The summed E-state index contributed by atoms with van der Waals surface area (Å²) < 4.78 is 5.49. The Morgan fingerprint density at radius 2 is 1.84 bits per heavy atom. The van der Waals surface area contributed by atoms with Crippen molar-refractivity contribution in [2.45, 2.75) is 6.92 Å². The number of fused-ring (bicyclic) bond motifs is 1. The van der Waals surface area contributed by atoms with Crippen molar-refractivity contribution in [1.82, 2.24) is 0 Å². The Morgan fingerprint density at radius 3 is 2.53 bits per heavy atom. The molecule has 0 unspecified atom stereocenters. The van der Waals surface area contributed by atoms with E-state index >= 15 is 0 Å². The number of aryl methyl sites for hydroxylation is 1. The zero-order valence-corrected chi connectivity index (χ0v) is 10.4. The van der Waals surface area contributed by atoms with Crippen LogP contribution in [-0.2, 0) is 0 Å². The normalized spacial score (nSPS) is 15.4. The summed E-state index contributed by atoms with van der Waals surface area (Å²) in [6, 6.07) is 12.6. The summed E-state index contributed by atoms with van der Waals surface area (Å²) in [5.41, 5.74) is 2.28. The van der Waals surface area contributed by atoms with Gasteiger partial charge in [0.25, 0.3) is 0 Å². The van der Waals surface area contributed by atoms with Crippen LogP contribution in [0.1, 0.15) is 21.5 Å². The average molecular weight is 252 g/mol. The number of hydrogen-bond donors (Lipinski definition) is 1. The van der Waals surface area contributed by atoms with E-state index in [0.717, 1.165) is 11.1 Å². The number of allylic oxidation sites excluding steroid dienone is 1. The predicted octanol–water partition coefficient (Wildman–Crippen LogP) is 3.32. The zero-order valence-electron chi connectivity index (χ0n) is 10.4. The van der Waals surface area contributed by atoms with Crippen LogP contribution in [0.5, 0.6) is 11.5 Å². The van der Waals surface area contributed by atoms with Gasteiger partial charge in [-0.15, -0.1) is 0 Å². The highest BCUT2D eigenvalue weighted by Gasteiger charge is 2.30. The summed E-state index contributed by atoms with van der Waals surface area (Å²) in [4.78, 5) is 12.1. The summed E-state index contributed by atoms with van der Waals surface area (Å²) >= 11 is 0. The average Bonchev–Trinajstić information content (AvgIpc) is 2.71. The van der Waals surface area contributed by atoms with Crippen LogP contribution in [0.2, 0.25) is 0 Å². The van der Waals surface area contributed by atoms with E-state index in [2.05, 4.69) is 0 Å². The molecule has 0 radical (unpaired) electrons. The molecule has 1 heterocycles. The van der Waals surface area contributed by atoms with E-state index in [1.54, 1.807) is 18.2 Å². The van der Waals surface area contributed by atoms with Crippen LogP contribution in [-0.4, -0.2) is 10.9 Å². The quantitative estimate of drug-likeness (QED) is 0.792. The lowest BCUT2D eigenvalue weighted by Crippen LogP contribution is -1.98. The van der Waals surface area contributed by atoms with Crippen molar-refractivity contribution in [3.63, 3.8) is 0 Å². The van der Waals surface area contributed by atoms with Crippen LogP contribution in [0.3, 0.4) is 0 Å². The fourth-order valence-electron chi connectivity index (χ4n) is 2.03. The van der Waals surface area contributed by atoms with Crippen molar-refractivity contribution in [3.05, 3.63) is 64.9 Å². The van der Waals surface area contributed by atoms with E-state index in [1.165, 1.54) is 6.07 Å². The number of ketones is 1. The molecule has 1 aliphatic rings. The maximum atomic E-state index is 12.1. The van der Waals surface area contributed by atoms with E-state index in [4.69, 9.17) is 4.74 Å². The highest BCUT2D eigenvalue weighted by atomic mass is 16.5. The van der Waals surface area contributed by atoms with Gasteiger partial charge in [-0.2, -0.15) is 0 Å². The molecule has 0 fully saturated rings. The molecule has 2 aromatic carbocycles. The molecule has 1 aliphatic heterocycles. The molecule has 2 aromatic rings. The molecule has 0 saturated heterocycles. The lowest BCUT2D eigenvalue weighted by molar-refractivity contribution is 0.101. The summed E-state index contributed by atoms with van der Waals surface area (Å²) in [6.07, 6.45) is 1.68. The number of benzene rings is 2. The number of Topliss-reactive ketones (excluding diaryl/α,β-unsaturated/α-hetero) is 1. The first-order chi connectivity index (χ1) is 9.15. The summed E-state index contributed by atoms with van der Waals surface area (Å²) in [7, 11) is 0. The highest BCUT2D eigenvalue weighted by molar-refractivity contribution is 6.16. The molecule has 0 spiro atoms. The van der Waals surface area contributed by atoms with Crippen molar-refractivity contribution < 1.29 is 14.6 Å². The van der Waals surface area contributed by atoms with Gasteiger partial charge in [0, 0.05) is 0 Å². The smallest absolute Gasteiger partial charge is 0.235 e. The molecule has 0 bridgehead atoms. The molecule has 94 valence electrons. The second-order valence-corrected chi connectivity index (χ2v) is 4.50. The second kappa shape index (κ2) is 4.28. The van der Waals surface area contributed by atoms with Crippen LogP contribution in [0.25, 0.3) is 6.08 Å². The largest absolute Gasteiger partial charge is 0.507 e. The van der Waals surface area contributed by atoms with E-state index < -0.39 is 0 Å². The maximum Gasteiger partial charge on any atom is 0.235 e. The second-order valence-electron chi connectivity index (χ2n) is 4.50. The van der Waals surface area contributed by atoms with Gasteiger partial charge in [-0.3, -0.25) is 4.79 Å². The Bertz CT molecular complexity index is 682. The minimum absolute atomic E-state index is 0.0465. The Hall–Kier alpha value is -2.55. The van der Waals surface area contributed by atoms with Crippen LogP contribution in [0, 0.1) is 6.92 Å². The Balaban J connectivity index is 2.00. The fraction of sp³-hybridized carbons (Fsp3) is 0.0625. The van der Waals surface area contributed by atoms with Crippen LogP contribution >= 0.6 is 0 Å². The number of rotatable bonds is 1. The van der Waals surface area contributed by atoms with Gasteiger partial charge in [-0.25, -0.2) is 0 Å². The first-order valence-electron chi connectivity index (χ1n) is 5.98. The molecular weight excluding hydrogens is 240 g/mol. The van der Waals surface area contributed by atoms with Crippen molar-refractivity contribution >= 4 is 11.9 Å². The number of ether oxygens (including phenoxy) is 1. The van der Waals surface area contributed by atoms with Gasteiger partial charge in [0.15, 0.2) is 5.76 Å². The van der Waals surface area contributed by atoms with Crippen molar-refractivity contribution in [2.24, 2.45) is 0 Å². The number of phenols is 1. The lowest BCUT2D eigenvalue weighted by atomic mass is 10.1. The molecule has 0 saturated carbocycles. The molecule has 19 heavy (non-hydrogen) atoms.